The third-order valence-corrected chi connectivity index (χ3v) is 6.12. The molecule has 3 atom stereocenters. The Bertz CT molecular complexity index is 703. The van der Waals surface area contributed by atoms with Crippen molar-refractivity contribution in [2.45, 2.75) is 76.9 Å². The maximum atomic E-state index is 13.3. The van der Waals surface area contributed by atoms with Crippen LogP contribution in [0.2, 0.25) is 0 Å². The van der Waals surface area contributed by atoms with Crippen LogP contribution in [0, 0.1) is 11.3 Å². The van der Waals surface area contributed by atoms with E-state index >= 15 is 0 Å². The third-order valence-electron chi connectivity index (χ3n) is 6.12. The molecule has 2 saturated carbocycles. The van der Waals surface area contributed by atoms with Crippen LogP contribution >= 0.6 is 0 Å². The number of hydrogen-bond donors (Lipinski definition) is 1. The third kappa shape index (κ3) is 5.59. The van der Waals surface area contributed by atoms with Crippen LogP contribution in [0.1, 0.15) is 70.8 Å². The minimum absolute atomic E-state index is 0.100. The van der Waals surface area contributed by atoms with E-state index in [-0.39, 0.29) is 24.5 Å². The molecule has 160 valence electrons. The number of amides is 1. The van der Waals surface area contributed by atoms with Gasteiger partial charge < -0.3 is 14.8 Å². The summed E-state index contributed by atoms with van der Waals surface area (Å²) in [5, 5.41) is 3.29. The van der Waals surface area contributed by atoms with E-state index in [1.165, 1.54) is 5.56 Å². The van der Waals surface area contributed by atoms with Crippen LogP contribution < -0.4 is 5.32 Å². The fraction of sp³-hybridized carbons (Fsp3) is 0.667. The van der Waals surface area contributed by atoms with Gasteiger partial charge in [-0.3, -0.25) is 9.59 Å². The highest BCUT2D eigenvalue weighted by Crippen LogP contribution is 2.46. The Morgan fingerprint density at radius 3 is 2.41 bits per heavy atom. The molecule has 2 unspecified atom stereocenters. The second kappa shape index (κ2) is 8.86. The highest BCUT2D eigenvalue weighted by Gasteiger charge is 2.48. The number of hydrogen-bond acceptors (Lipinski definition) is 4. The maximum Gasteiger partial charge on any atom is 0.311 e. The van der Waals surface area contributed by atoms with E-state index in [9.17, 15) is 9.59 Å². The first-order valence-corrected chi connectivity index (χ1v) is 10.8. The van der Waals surface area contributed by atoms with E-state index in [1.54, 1.807) is 7.11 Å². The first kappa shape index (κ1) is 21.8. The summed E-state index contributed by atoms with van der Waals surface area (Å²) in [6.45, 7) is 5.87. The molecule has 1 N–H and O–H groups in total. The van der Waals surface area contributed by atoms with Gasteiger partial charge >= 0.3 is 5.97 Å². The molecule has 1 aromatic carbocycles. The first-order valence-electron chi connectivity index (χ1n) is 10.8. The second-order valence-electron chi connectivity index (χ2n) is 9.71. The van der Waals surface area contributed by atoms with E-state index in [0.29, 0.717) is 12.3 Å². The van der Waals surface area contributed by atoms with Crippen molar-refractivity contribution in [3.8, 4) is 0 Å². The van der Waals surface area contributed by atoms with E-state index < -0.39 is 16.9 Å². The maximum absolute atomic E-state index is 13.3. The van der Waals surface area contributed by atoms with Gasteiger partial charge in [0.05, 0.1) is 17.9 Å². The predicted molar refractivity (Wildman–Crippen MR) is 112 cm³/mol. The molecule has 0 aliphatic heterocycles. The Labute approximate surface area is 174 Å². The normalized spacial score (nSPS) is 24.0. The number of nitrogens with one attached hydrogen (secondary N) is 1. The lowest BCUT2D eigenvalue weighted by atomic mass is 9.76. The van der Waals surface area contributed by atoms with Crippen molar-refractivity contribution in [2.24, 2.45) is 11.3 Å². The van der Waals surface area contributed by atoms with Gasteiger partial charge in [-0.25, -0.2) is 0 Å². The molecule has 3 rings (SSSR count). The van der Waals surface area contributed by atoms with E-state index in [4.69, 9.17) is 9.47 Å². The molecule has 0 aromatic heterocycles. The average Bonchev–Trinajstić information content (AvgIpc) is 3.26. The number of carbonyl (C=O) groups excluding carboxylic acids is 2. The van der Waals surface area contributed by atoms with Gasteiger partial charge in [-0.05, 0) is 52.0 Å². The molecule has 5 nitrogen and oxygen atoms in total. The van der Waals surface area contributed by atoms with Crippen LogP contribution in [0.3, 0.4) is 0 Å². The SMILES string of the molecule is COCC(CC1(C(=O)NC2C[C@H]2c2ccccc2)CCCC1)C(=O)OC(C)(C)C. The lowest BCUT2D eigenvalue weighted by molar-refractivity contribution is -0.163. The summed E-state index contributed by atoms with van der Waals surface area (Å²) in [4.78, 5) is 26.1. The molecule has 0 bridgehead atoms. The smallest absolute Gasteiger partial charge is 0.311 e. The molecule has 2 aliphatic carbocycles. The standard InChI is InChI=1S/C24H35NO4/c1-23(2,3)29-21(26)18(16-28-4)15-24(12-8-9-13-24)22(27)25-20-14-19(20)17-10-6-5-7-11-17/h5-7,10-11,18-20H,8-9,12-16H2,1-4H3,(H,25,27)/t18?,19-,20?/m0/s1. The van der Waals surface area contributed by atoms with Crippen LogP contribution in [-0.4, -0.2) is 37.2 Å². The summed E-state index contributed by atoms with van der Waals surface area (Å²) in [6, 6.07) is 10.5. The Morgan fingerprint density at radius 2 is 1.83 bits per heavy atom. The molecule has 2 aliphatic rings. The Hall–Kier alpha value is -1.88. The zero-order chi connectivity index (χ0) is 21.1. The van der Waals surface area contributed by atoms with Crippen molar-refractivity contribution < 1.29 is 19.1 Å². The molecular weight excluding hydrogens is 366 g/mol. The van der Waals surface area contributed by atoms with Gasteiger partial charge in [0.15, 0.2) is 0 Å². The zero-order valence-electron chi connectivity index (χ0n) is 18.2. The Morgan fingerprint density at radius 1 is 1.17 bits per heavy atom. The summed E-state index contributed by atoms with van der Waals surface area (Å²) in [7, 11) is 1.59. The van der Waals surface area contributed by atoms with Gasteiger partial charge in [-0.1, -0.05) is 43.2 Å². The van der Waals surface area contributed by atoms with Crippen LogP contribution in [-0.2, 0) is 19.1 Å². The summed E-state index contributed by atoms with van der Waals surface area (Å²) < 4.78 is 10.9. The number of rotatable bonds is 8. The van der Waals surface area contributed by atoms with Crippen molar-refractivity contribution in [1.82, 2.24) is 5.32 Å². The molecule has 0 spiro atoms. The van der Waals surface area contributed by atoms with E-state index in [1.807, 2.05) is 39.0 Å². The number of carbonyl (C=O) groups is 2. The van der Waals surface area contributed by atoms with Gasteiger partial charge in [0.25, 0.3) is 0 Å². The summed E-state index contributed by atoms with van der Waals surface area (Å²) in [6.07, 6.45) is 5.17. The lowest BCUT2D eigenvalue weighted by Crippen LogP contribution is -2.44. The fourth-order valence-electron chi connectivity index (χ4n) is 4.59. The minimum atomic E-state index is -0.551. The highest BCUT2D eigenvalue weighted by molar-refractivity contribution is 5.85. The second-order valence-corrected chi connectivity index (χ2v) is 9.71. The predicted octanol–water partition coefficient (Wildman–Crippen LogP) is 4.21. The fourth-order valence-corrected chi connectivity index (χ4v) is 4.59. The van der Waals surface area contributed by atoms with Crippen molar-refractivity contribution in [3.63, 3.8) is 0 Å². The minimum Gasteiger partial charge on any atom is -0.460 e. The van der Waals surface area contributed by atoms with Gasteiger partial charge in [-0.2, -0.15) is 0 Å². The summed E-state index contributed by atoms with van der Waals surface area (Å²) in [5.74, 6) is -0.193. The Balaban J connectivity index is 1.66. The number of esters is 1. The van der Waals surface area contributed by atoms with Crippen LogP contribution in [0.5, 0.6) is 0 Å². The van der Waals surface area contributed by atoms with Crippen LogP contribution in [0.4, 0.5) is 0 Å². The molecule has 1 aromatic rings. The molecule has 0 radical (unpaired) electrons. The number of benzene rings is 1. The molecular formula is C24H35NO4. The van der Waals surface area contributed by atoms with Gasteiger partial charge in [0, 0.05) is 19.1 Å². The van der Waals surface area contributed by atoms with Gasteiger partial charge in [0.2, 0.25) is 5.91 Å². The van der Waals surface area contributed by atoms with E-state index in [0.717, 1.165) is 32.1 Å². The molecule has 5 heteroatoms. The Kier molecular flexibility index (Phi) is 6.67. The van der Waals surface area contributed by atoms with Gasteiger partial charge in [0.1, 0.15) is 5.60 Å². The zero-order valence-corrected chi connectivity index (χ0v) is 18.2. The molecule has 0 saturated heterocycles. The lowest BCUT2D eigenvalue weighted by Gasteiger charge is -2.32. The molecule has 1 amide bonds. The van der Waals surface area contributed by atoms with Gasteiger partial charge in [-0.15, -0.1) is 0 Å². The van der Waals surface area contributed by atoms with Crippen LogP contribution in [0.15, 0.2) is 30.3 Å². The van der Waals surface area contributed by atoms with Crippen molar-refractivity contribution in [3.05, 3.63) is 35.9 Å². The molecule has 0 heterocycles. The molecule has 2 fully saturated rings. The van der Waals surface area contributed by atoms with Crippen molar-refractivity contribution in [1.29, 1.82) is 0 Å². The van der Waals surface area contributed by atoms with E-state index in [2.05, 4.69) is 17.4 Å². The first-order chi connectivity index (χ1) is 13.7. The van der Waals surface area contributed by atoms with Crippen molar-refractivity contribution in [2.75, 3.05) is 13.7 Å². The monoisotopic (exact) mass is 401 g/mol. The highest BCUT2D eigenvalue weighted by atomic mass is 16.6. The average molecular weight is 402 g/mol. The summed E-state index contributed by atoms with van der Waals surface area (Å²) >= 11 is 0. The number of ether oxygens (including phenoxy) is 2. The quantitative estimate of drug-likeness (QED) is 0.663. The molecule has 29 heavy (non-hydrogen) atoms. The largest absolute Gasteiger partial charge is 0.460 e. The van der Waals surface area contributed by atoms with Crippen molar-refractivity contribution >= 4 is 11.9 Å². The van der Waals surface area contributed by atoms with Crippen LogP contribution in [0.25, 0.3) is 0 Å². The number of methoxy groups -OCH3 is 1. The topological polar surface area (TPSA) is 64.6 Å². The summed E-state index contributed by atoms with van der Waals surface area (Å²) in [5.41, 5.74) is 0.235.